The van der Waals surface area contributed by atoms with Gasteiger partial charge in [0.05, 0.1) is 34.0 Å². The monoisotopic (exact) mass is 415 g/mol. The van der Waals surface area contributed by atoms with Crippen molar-refractivity contribution >= 4 is 46.4 Å². The molecule has 5 heteroatoms. The highest BCUT2D eigenvalue weighted by Gasteiger charge is 2.14. The molecule has 0 saturated heterocycles. The molecule has 4 aromatic rings. The molecular weight excluding hydrogens is 394 g/mol. The molecule has 32 heavy (non-hydrogen) atoms. The van der Waals surface area contributed by atoms with Crippen LogP contribution in [0.25, 0.3) is 57.6 Å². The van der Waals surface area contributed by atoms with Crippen molar-refractivity contribution in [1.29, 1.82) is 0 Å². The van der Waals surface area contributed by atoms with Crippen LogP contribution in [0.15, 0.2) is 60.8 Å². The van der Waals surface area contributed by atoms with Crippen molar-refractivity contribution in [2.75, 3.05) is 0 Å². The number of rotatable bonds is 2. The molecule has 0 aliphatic carbocycles. The Morgan fingerprint density at radius 1 is 0.688 bits per heavy atom. The first-order valence-electron chi connectivity index (χ1n) is 10.8. The van der Waals surface area contributed by atoms with Gasteiger partial charge in [-0.05, 0) is 84.8 Å². The molecule has 2 N–H and O–H groups in total. The third-order valence-electron chi connectivity index (χ3n) is 5.73. The Morgan fingerprint density at radius 3 is 1.91 bits per heavy atom. The Labute approximate surface area is 185 Å². The summed E-state index contributed by atoms with van der Waals surface area (Å²) >= 11 is 0. The topological polar surface area (TPSA) is 70.2 Å². The Balaban J connectivity index is 1.73. The first-order valence-corrected chi connectivity index (χ1v) is 10.8. The summed E-state index contributed by atoms with van der Waals surface area (Å²) in [4.78, 5) is 21.3. The summed E-state index contributed by atoms with van der Waals surface area (Å²) in [7, 11) is 0. The third kappa shape index (κ3) is 3.34. The van der Waals surface area contributed by atoms with E-state index in [1.165, 1.54) is 5.56 Å². The molecule has 0 saturated carbocycles. The lowest BCUT2D eigenvalue weighted by atomic mass is 10.0. The smallest absolute Gasteiger partial charge is 0.0726 e. The number of pyridine rings is 1. The summed E-state index contributed by atoms with van der Waals surface area (Å²) < 4.78 is 0. The molecule has 0 atom stereocenters. The molecule has 6 heterocycles. The number of hydrogen-bond donors (Lipinski definition) is 2. The maximum Gasteiger partial charge on any atom is 0.0726 e. The summed E-state index contributed by atoms with van der Waals surface area (Å²) in [5.41, 5.74) is 11.0. The molecule has 2 aliphatic rings. The molecule has 6 rings (SSSR count). The highest BCUT2D eigenvalue weighted by Crippen LogP contribution is 2.32. The number of H-pyrrole nitrogens is 2. The van der Waals surface area contributed by atoms with Crippen molar-refractivity contribution in [1.82, 2.24) is 24.9 Å². The van der Waals surface area contributed by atoms with Gasteiger partial charge in [-0.3, -0.25) is 4.98 Å². The summed E-state index contributed by atoms with van der Waals surface area (Å²) in [5.74, 6) is 0. The van der Waals surface area contributed by atoms with Crippen molar-refractivity contribution in [2.24, 2.45) is 0 Å². The number of nitrogens with one attached hydrogen (secondary N) is 2. The molecule has 0 amide bonds. The van der Waals surface area contributed by atoms with Gasteiger partial charge in [-0.15, -0.1) is 0 Å². The zero-order valence-electron chi connectivity index (χ0n) is 17.6. The normalized spacial score (nSPS) is 12.4. The lowest BCUT2D eigenvalue weighted by Crippen LogP contribution is -1.86. The largest absolute Gasteiger partial charge is 0.355 e. The van der Waals surface area contributed by atoms with Gasteiger partial charge < -0.3 is 9.97 Å². The van der Waals surface area contributed by atoms with Gasteiger partial charge in [0.25, 0.3) is 0 Å². The van der Waals surface area contributed by atoms with E-state index in [-0.39, 0.29) is 0 Å². The fraction of sp³-hybridized carbons (Fsp3) is 0.0741. The highest BCUT2D eigenvalue weighted by molar-refractivity contribution is 5.90. The first-order chi connectivity index (χ1) is 15.7. The predicted octanol–water partition coefficient (Wildman–Crippen LogP) is 6.28. The van der Waals surface area contributed by atoms with Crippen LogP contribution in [0.3, 0.4) is 0 Å². The maximum absolute atomic E-state index is 4.80. The lowest BCUT2D eigenvalue weighted by Gasteiger charge is -2.02. The van der Waals surface area contributed by atoms with Gasteiger partial charge in [-0.1, -0.05) is 13.0 Å². The average Bonchev–Trinajstić information content (AvgIpc) is 3.58. The van der Waals surface area contributed by atoms with Gasteiger partial charge >= 0.3 is 0 Å². The van der Waals surface area contributed by atoms with E-state index in [1.54, 1.807) is 0 Å². The summed E-state index contributed by atoms with van der Waals surface area (Å²) in [6.07, 6.45) is 10.9. The van der Waals surface area contributed by atoms with Gasteiger partial charge in [0.2, 0.25) is 0 Å². The number of aromatic nitrogens is 5. The molecule has 4 aromatic heterocycles. The first kappa shape index (κ1) is 18.5. The van der Waals surface area contributed by atoms with E-state index in [4.69, 9.17) is 9.97 Å². The Morgan fingerprint density at radius 2 is 1.31 bits per heavy atom. The zero-order chi connectivity index (χ0) is 21.5. The molecule has 5 nitrogen and oxygen atoms in total. The standard InChI is InChI=1S/C27H21N5/c1-2-23-25-15-21-10-8-19(30-21)13-17-6-7-18(29-17)14-20-9-11-22(31-20)16-26(32-25)27(23)24-5-3-4-12-28-24/h3-16,29,32H,2H2,1H3. The molecule has 0 radical (unpaired) electrons. The van der Waals surface area contributed by atoms with Crippen molar-refractivity contribution < 1.29 is 0 Å². The summed E-state index contributed by atoms with van der Waals surface area (Å²) in [6.45, 7) is 2.17. The van der Waals surface area contributed by atoms with Crippen LogP contribution < -0.4 is 0 Å². The Bertz CT molecular complexity index is 1550. The third-order valence-corrected chi connectivity index (χ3v) is 5.73. The van der Waals surface area contributed by atoms with Crippen molar-refractivity contribution in [3.05, 3.63) is 89.1 Å². The number of nitrogens with zero attached hydrogens (tertiary/aromatic N) is 3. The number of aryl methyl sites for hydroxylation is 1. The van der Waals surface area contributed by atoms with Crippen LogP contribution >= 0.6 is 0 Å². The Hall–Kier alpha value is -4.25. The molecule has 0 unspecified atom stereocenters. The van der Waals surface area contributed by atoms with Crippen molar-refractivity contribution in [2.45, 2.75) is 13.3 Å². The molecule has 2 aliphatic heterocycles. The van der Waals surface area contributed by atoms with E-state index in [0.717, 1.165) is 62.5 Å². The second-order valence-corrected chi connectivity index (χ2v) is 7.91. The minimum absolute atomic E-state index is 0.875. The van der Waals surface area contributed by atoms with Crippen LogP contribution in [-0.4, -0.2) is 24.9 Å². The fourth-order valence-corrected chi connectivity index (χ4v) is 4.30. The molecule has 154 valence electrons. The second-order valence-electron chi connectivity index (χ2n) is 7.91. The van der Waals surface area contributed by atoms with Crippen molar-refractivity contribution in [3.63, 3.8) is 0 Å². The summed E-state index contributed by atoms with van der Waals surface area (Å²) in [6, 6.07) is 18.5. The minimum atomic E-state index is 0.875. The molecule has 0 spiro atoms. The predicted molar refractivity (Wildman–Crippen MR) is 131 cm³/mol. The van der Waals surface area contributed by atoms with E-state index < -0.39 is 0 Å². The van der Waals surface area contributed by atoms with E-state index >= 15 is 0 Å². The van der Waals surface area contributed by atoms with Gasteiger partial charge in [0.1, 0.15) is 0 Å². The van der Waals surface area contributed by atoms with E-state index in [2.05, 4.69) is 70.4 Å². The van der Waals surface area contributed by atoms with E-state index in [9.17, 15) is 0 Å². The van der Waals surface area contributed by atoms with Crippen molar-refractivity contribution in [3.8, 4) is 11.3 Å². The van der Waals surface area contributed by atoms with Gasteiger partial charge in [-0.2, -0.15) is 0 Å². The minimum Gasteiger partial charge on any atom is -0.355 e. The van der Waals surface area contributed by atoms with E-state index in [1.807, 2.05) is 36.6 Å². The van der Waals surface area contributed by atoms with Crippen LogP contribution in [0.2, 0.25) is 0 Å². The van der Waals surface area contributed by atoms with Gasteiger partial charge in [0, 0.05) is 28.3 Å². The van der Waals surface area contributed by atoms with Crippen LogP contribution in [-0.2, 0) is 6.42 Å². The SMILES string of the molecule is CCc1c(-c2ccccn2)c2cc3nc(cc4ccc(cc5nc(cc1[nH]2)C=C5)[nH]4)C=C3. The lowest BCUT2D eigenvalue weighted by molar-refractivity contribution is 1.16. The number of fused-ring (bicyclic) bond motifs is 8. The molecule has 0 aromatic carbocycles. The zero-order valence-corrected chi connectivity index (χ0v) is 17.6. The maximum atomic E-state index is 4.80. The van der Waals surface area contributed by atoms with Gasteiger partial charge in [-0.25, -0.2) is 9.97 Å². The molecule has 0 fully saturated rings. The summed E-state index contributed by atoms with van der Waals surface area (Å²) in [5, 5.41) is 0. The number of hydrogen-bond acceptors (Lipinski definition) is 3. The van der Waals surface area contributed by atoms with Gasteiger partial charge in [0.15, 0.2) is 0 Å². The highest BCUT2D eigenvalue weighted by atomic mass is 14.8. The Kier molecular flexibility index (Phi) is 4.32. The fourth-order valence-electron chi connectivity index (χ4n) is 4.30. The number of aromatic amines is 2. The van der Waals surface area contributed by atoms with Crippen LogP contribution in [0, 0.1) is 0 Å². The molecular formula is C27H21N5. The second kappa shape index (κ2) is 7.46. The van der Waals surface area contributed by atoms with Crippen LogP contribution in [0.4, 0.5) is 0 Å². The van der Waals surface area contributed by atoms with Crippen LogP contribution in [0.1, 0.15) is 35.3 Å². The molecule has 8 bridgehead atoms. The average molecular weight is 416 g/mol. The quantitative estimate of drug-likeness (QED) is 0.350. The van der Waals surface area contributed by atoms with E-state index in [0.29, 0.717) is 0 Å². The van der Waals surface area contributed by atoms with Crippen LogP contribution in [0.5, 0.6) is 0 Å².